The SMILES string of the molecule is O=C(CNC(=O)NCCCOC1CCCCC1)Nc1ccc(F)c(F)c1. The summed E-state index contributed by atoms with van der Waals surface area (Å²) in [4.78, 5) is 23.3. The molecule has 1 aliphatic rings. The summed E-state index contributed by atoms with van der Waals surface area (Å²) in [5.74, 6) is -2.58. The molecule has 144 valence electrons. The van der Waals surface area contributed by atoms with Gasteiger partial charge in [0.25, 0.3) is 0 Å². The molecule has 0 atom stereocenters. The Kier molecular flexibility index (Phi) is 8.27. The van der Waals surface area contributed by atoms with E-state index in [4.69, 9.17) is 4.74 Å². The van der Waals surface area contributed by atoms with Gasteiger partial charge in [0.1, 0.15) is 0 Å². The van der Waals surface area contributed by atoms with Gasteiger partial charge in [0.05, 0.1) is 12.6 Å². The Morgan fingerprint density at radius 1 is 1.08 bits per heavy atom. The molecule has 1 saturated carbocycles. The normalized spacial score (nSPS) is 14.7. The Labute approximate surface area is 151 Å². The fourth-order valence-corrected chi connectivity index (χ4v) is 2.76. The van der Waals surface area contributed by atoms with Crippen molar-refractivity contribution in [2.75, 3.05) is 25.0 Å². The molecule has 6 nitrogen and oxygen atoms in total. The topological polar surface area (TPSA) is 79.5 Å². The van der Waals surface area contributed by atoms with E-state index in [9.17, 15) is 18.4 Å². The average molecular weight is 369 g/mol. The van der Waals surface area contributed by atoms with Gasteiger partial charge in [-0.3, -0.25) is 4.79 Å². The highest BCUT2D eigenvalue weighted by Crippen LogP contribution is 2.20. The van der Waals surface area contributed by atoms with Crippen LogP contribution < -0.4 is 16.0 Å². The van der Waals surface area contributed by atoms with Crippen molar-refractivity contribution in [1.29, 1.82) is 0 Å². The van der Waals surface area contributed by atoms with Crippen molar-refractivity contribution in [3.05, 3.63) is 29.8 Å². The smallest absolute Gasteiger partial charge is 0.315 e. The minimum Gasteiger partial charge on any atom is -0.378 e. The van der Waals surface area contributed by atoms with Crippen molar-refractivity contribution in [3.63, 3.8) is 0 Å². The van der Waals surface area contributed by atoms with Gasteiger partial charge in [-0.05, 0) is 31.4 Å². The van der Waals surface area contributed by atoms with E-state index < -0.39 is 23.6 Å². The first-order valence-corrected chi connectivity index (χ1v) is 8.93. The fraction of sp³-hybridized carbons (Fsp3) is 0.556. The molecule has 1 aromatic carbocycles. The number of rotatable bonds is 8. The number of amides is 3. The fourth-order valence-electron chi connectivity index (χ4n) is 2.76. The van der Waals surface area contributed by atoms with Gasteiger partial charge in [0, 0.05) is 24.9 Å². The maximum atomic E-state index is 13.0. The summed E-state index contributed by atoms with van der Waals surface area (Å²) in [6.45, 7) is 0.772. The number of hydrogen-bond acceptors (Lipinski definition) is 3. The van der Waals surface area contributed by atoms with E-state index in [1.807, 2.05) is 0 Å². The van der Waals surface area contributed by atoms with Crippen LogP contribution in [0.25, 0.3) is 0 Å². The summed E-state index contributed by atoms with van der Waals surface area (Å²) in [6.07, 6.45) is 6.99. The molecule has 1 aliphatic carbocycles. The lowest BCUT2D eigenvalue weighted by Gasteiger charge is -2.21. The van der Waals surface area contributed by atoms with Crippen LogP contribution in [-0.4, -0.2) is 37.7 Å². The van der Waals surface area contributed by atoms with Crippen molar-refractivity contribution in [1.82, 2.24) is 10.6 Å². The Morgan fingerprint density at radius 3 is 2.58 bits per heavy atom. The zero-order chi connectivity index (χ0) is 18.8. The van der Waals surface area contributed by atoms with E-state index in [-0.39, 0.29) is 12.2 Å². The quantitative estimate of drug-likeness (QED) is 0.617. The van der Waals surface area contributed by atoms with Crippen LogP contribution >= 0.6 is 0 Å². The second kappa shape index (κ2) is 10.7. The Hall–Kier alpha value is -2.22. The van der Waals surface area contributed by atoms with Crippen LogP contribution in [0.5, 0.6) is 0 Å². The van der Waals surface area contributed by atoms with E-state index in [2.05, 4.69) is 16.0 Å². The first-order chi connectivity index (χ1) is 12.5. The van der Waals surface area contributed by atoms with Gasteiger partial charge in [-0.25, -0.2) is 13.6 Å². The average Bonchev–Trinajstić information content (AvgIpc) is 2.64. The molecule has 3 N–H and O–H groups in total. The predicted molar refractivity (Wildman–Crippen MR) is 93.8 cm³/mol. The highest BCUT2D eigenvalue weighted by molar-refractivity contribution is 5.94. The van der Waals surface area contributed by atoms with Gasteiger partial charge in [-0.2, -0.15) is 0 Å². The molecule has 26 heavy (non-hydrogen) atoms. The lowest BCUT2D eigenvalue weighted by molar-refractivity contribution is -0.115. The van der Waals surface area contributed by atoms with Gasteiger partial charge >= 0.3 is 6.03 Å². The second-order valence-electron chi connectivity index (χ2n) is 6.27. The van der Waals surface area contributed by atoms with Crippen molar-refractivity contribution >= 4 is 17.6 Å². The molecule has 2 rings (SSSR count). The van der Waals surface area contributed by atoms with Gasteiger partial charge < -0.3 is 20.7 Å². The van der Waals surface area contributed by atoms with Crippen LogP contribution in [0.4, 0.5) is 19.3 Å². The van der Waals surface area contributed by atoms with E-state index in [1.54, 1.807) is 0 Å². The van der Waals surface area contributed by atoms with Gasteiger partial charge in [-0.1, -0.05) is 19.3 Å². The molecule has 0 saturated heterocycles. The van der Waals surface area contributed by atoms with Crippen LogP contribution in [-0.2, 0) is 9.53 Å². The zero-order valence-corrected chi connectivity index (χ0v) is 14.7. The van der Waals surface area contributed by atoms with Crippen molar-refractivity contribution in [3.8, 4) is 0 Å². The molecule has 0 heterocycles. The Morgan fingerprint density at radius 2 is 1.85 bits per heavy atom. The molecule has 0 bridgehead atoms. The lowest BCUT2D eigenvalue weighted by Crippen LogP contribution is -2.40. The van der Waals surface area contributed by atoms with Crippen LogP contribution in [0.3, 0.4) is 0 Å². The number of anilines is 1. The summed E-state index contributed by atoms with van der Waals surface area (Å²) in [5, 5.41) is 7.40. The third-order valence-corrected chi connectivity index (χ3v) is 4.13. The second-order valence-corrected chi connectivity index (χ2v) is 6.27. The highest BCUT2D eigenvalue weighted by Gasteiger charge is 2.13. The number of urea groups is 1. The molecule has 3 amide bonds. The molecule has 0 aliphatic heterocycles. The number of ether oxygens (including phenoxy) is 1. The molecular formula is C18H25F2N3O3. The summed E-state index contributed by atoms with van der Waals surface area (Å²) >= 11 is 0. The van der Waals surface area contributed by atoms with E-state index in [0.29, 0.717) is 25.7 Å². The molecule has 0 unspecified atom stereocenters. The third kappa shape index (κ3) is 7.35. The number of carbonyl (C=O) groups excluding carboxylic acids is 2. The largest absolute Gasteiger partial charge is 0.378 e. The third-order valence-electron chi connectivity index (χ3n) is 4.13. The summed E-state index contributed by atoms with van der Waals surface area (Å²) in [6, 6.07) is 2.56. The number of benzene rings is 1. The minimum absolute atomic E-state index is 0.121. The minimum atomic E-state index is -1.05. The summed E-state index contributed by atoms with van der Waals surface area (Å²) in [5.41, 5.74) is 0.121. The monoisotopic (exact) mass is 369 g/mol. The van der Waals surface area contributed by atoms with Crippen LogP contribution in [0, 0.1) is 11.6 Å². The van der Waals surface area contributed by atoms with E-state index in [1.165, 1.54) is 25.3 Å². The van der Waals surface area contributed by atoms with E-state index >= 15 is 0 Å². The van der Waals surface area contributed by atoms with Gasteiger partial charge in [-0.15, -0.1) is 0 Å². The number of hydrogen-bond donors (Lipinski definition) is 3. The van der Waals surface area contributed by atoms with Crippen molar-refractivity contribution in [2.45, 2.75) is 44.6 Å². The van der Waals surface area contributed by atoms with Gasteiger partial charge in [0.15, 0.2) is 11.6 Å². The molecular weight excluding hydrogens is 344 g/mol. The number of nitrogens with one attached hydrogen (secondary N) is 3. The molecule has 1 fully saturated rings. The maximum absolute atomic E-state index is 13.0. The number of halogens is 2. The van der Waals surface area contributed by atoms with Gasteiger partial charge in [0.2, 0.25) is 5.91 Å². The summed E-state index contributed by atoms with van der Waals surface area (Å²) < 4.78 is 31.6. The Balaban J connectivity index is 1.53. The standard InChI is InChI=1S/C18H25F2N3O3/c19-15-8-7-13(11-16(15)20)23-17(24)12-22-18(25)21-9-4-10-26-14-5-2-1-3-6-14/h7-8,11,14H,1-6,9-10,12H2,(H,23,24)(H2,21,22,25). The molecule has 8 heteroatoms. The van der Waals surface area contributed by atoms with Crippen molar-refractivity contribution < 1.29 is 23.1 Å². The molecule has 0 aromatic heterocycles. The van der Waals surface area contributed by atoms with Crippen LogP contribution in [0.1, 0.15) is 38.5 Å². The van der Waals surface area contributed by atoms with E-state index in [0.717, 1.165) is 25.0 Å². The molecule has 0 spiro atoms. The molecule has 1 aromatic rings. The first-order valence-electron chi connectivity index (χ1n) is 8.93. The lowest BCUT2D eigenvalue weighted by atomic mass is 9.98. The van der Waals surface area contributed by atoms with Crippen molar-refractivity contribution in [2.24, 2.45) is 0 Å². The van der Waals surface area contributed by atoms with Crippen LogP contribution in [0.2, 0.25) is 0 Å². The van der Waals surface area contributed by atoms with Crippen LogP contribution in [0.15, 0.2) is 18.2 Å². The predicted octanol–water partition coefficient (Wildman–Crippen LogP) is 2.94. The highest BCUT2D eigenvalue weighted by atomic mass is 19.2. The molecule has 0 radical (unpaired) electrons. The maximum Gasteiger partial charge on any atom is 0.315 e. The number of carbonyl (C=O) groups is 2. The first kappa shape index (κ1) is 20.1. The summed E-state index contributed by atoms with van der Waals surface area (Å²) in [7, 11) is 0. The Bertz CT molecular complexity index is 607. The zero-order valence-electron chi connectivity index (χ0n) is 14.7.